The van der Waals surface area contributed by atoms with Crippen LogP contribution in [0, 0.1) is 5.92 Å². The minimum atomic E-state index is 0.690. The van der Waals surface area contributed by atoms with Crippen molar-refractivity contribution in [3.05, 3.63) is 35.4 Å². The molecule has 1 aromatic carbocycles. The zero-order valence-corrected chi connectivity index (χ0v) is 12.7. The van der Waals surface area contributed by atoms with Crippen LogP contribution in [0.3, 0.4) is 0 Å². The molecule has 1 aliphatic carbocycles. The van der Waals surface area contributed by atoms with Gasteiger partial charge in [-0.05, 0) is 42.1 Å². The van der Waals surface area contributed by atoms with E-state index in [9.17, 15) is 0 Å². The Bertz CT molecular complexity index is 385. The van der Waals surface area contributed by atoms with E-state index in [1.165, 1.54) is 42.6 Å². The van der Waals surface area contributed by atoms with E-state index < -0.39 is 0 Å². The fourth-order valence-corrected chi connectivity index (χ4v) is 6.70. The second-order valence-electron chi connectivity index (χ2n) is 5.48. The zero-order chi connectivity index (χ0) is 12.4. The minimum absolute atomic E-state index is 0.690. The Labute approximate surface area is 119 Å². The Kier molecular flexibility index (Phi) is 4.25. The fourth-order valence-electron chi connectivity index (χ4n) is 3.04. The van der Waals surface area contributed by atoms with E-state index in [-0.39, 0.29) is 0 Å². The molecule has 0 radical (unpaired) electrons. The molecule has 18 heavy (non-hydrogen) atoms. The molecule has 0 unspecified atom stereocenters. The van der Waals surface area contributed by atoms with Gasteiger partial charge in [-0.25, -0.2) is 0 Å². The highest BCUT2D eigenvalue weighted by atomic mass is 32.2. The average molecular weight is 278 g/mol. The van der Waals surface area contributed by atoms with Crippen LogP contribution in [0.2, 0.25) is 0 Å². The van der Waals surface area contributed by atoms with Crippen molar-refractivity contribution in [2.75, 3.05) is 5.75 Å². The van der Waals surface area contributed by atoms with Gasteiger partial charge in [0.2, 0.25) is 0 Å². The highest BCUT2D eigenvalue weighted by Crippen LogP contribution is 2.52. The molecule has 3 atom stereocenters. The minimum Gasteiger partial charge on any atom is -0.142 e. The third kappa shape index (κ3) is 2.75. The fraction of sp³-hybridized carbons (Fsp3) is 0.625. The van der Waals surface area contributed by atoms with E-state index in [0.717, 1.165) is 17.6 Å². The van der Waals surface area contributed by atoms with Crippen LogP contribution in [0.5, 0.6) is 0 Å². The summed E-state index contributed by atoms with van der Waals surface area (Å²) in [5, 5.41) is 0.941. The first-order valence-electron chi connectivity index (χ1n) is 7.22. The van der Waals surface area contributed by atoms with Crippen LogP contribution in [-0.2, 0) is 6.42 Å². The Morgan fingerprint density at radius 3 is 2.67 bits per heavy atom. The molecule has 2 heteroatoms. The number of hydrogen-bond donors (Lipinski definition) is 0. The molecule has 0 nitrogen and oxygen atoms in total. The maximum Gasteiger partial charge on any atom is 0.0754 e. The van der Waals surface area contributed by atoms with Gasteiger partial charge in [0.15, 0.2) is 0 Å². The lowest BCUT2D eigenvalue weighted by molar-refractivity contribution is 0.401. The van der Waals surface area contributed by atoms with Crippen LogP contribution >= 0.6 is 23.5 Å². The first-order chi connectivity index (χ1) is 8.86. The lowest BCUT2D eigenvalue weighted by atomic mass is 9.90. The molecule has 98 valence electrons. The standard InChI is InChI=1S/C16H22S2/c1-2-12-7-9-13(10-8-12)16-17-11-14-5-3-4-6-15(14)18-16/h7-10,14-16H,2-6,11H2,1H3/t14-,15+,16+/m1/s1. The molecule has 0 N–H and O–H groups in total. The van der Waals surface area contributed by atoms with E-state index in [2.05, 4.69) is 54.7 Å². The van der Waals surface area contributed by atoms with Gasteiger partial charge in [-0.1, -0.05) is 44.0 Å². The van der Waals surface area contributed by atoms with Gasteiger partial charge in [-0.2, -0.15) is 0 Å². The second-order valence-corrected chi connectivity index (χ2v) is 8.27. The molecule has 1 saturated heterocycles. The van der Waals surface area contributed by atoms with Gasteiger partial charge in [0.25, 0.3) is 0 Å². The zero-order valence-electron chi connectivity index (χ0n) is 11.1. The van der Waals surface area contributed by atoms with E-state index >= 15 is 0 Å². The van der Waals surface area contributed by atoms with Crippen LogP contribution in [0.4, 0.5) is 0 Å². The summed E-state index contributed by atoms with van der Waals surface area (Å²) < 4.78 is 0.690. The smallest absolute Gasteiger partial charge is 0.0754 e. The van der Waals surface area contributed by atoms with Crippen molar-refractivity contribution in [2.45, 2.75) is 48.9 Å². The van der Waals surface area contributed by atoms with E-state index in [0.29, 0.717) is 4.58 Å². The van der Waals surface area contributed by atoms with Gasteiger partial charge in [-0.15, -0.1) is 23.5 Å². The Morgan fingerprint density at radius 2 is 1.89 bits per heavy atom. The quantitative estimate of drug-likeness (QED) is 0.721. The summed E-state index contributed by atoms with van der Waals surface area (Å²) in [5.74, 6) is 2.39. The predicted molar refractivity (Wildman–Crippen MR) is 84.4 cm³/mol. The SMILES string of the molecule is CCc1ccc([C@H]2SC[C@H]3CCCC[C@@H]3S2)cc1. The van der Waals surface area contributed by atoms with Crippen molar-refractivity contribution in [1.82, 2.24) is 0 Å². The first-order valence-corrected chi connectivity index (χ1v) is 9.22. The van der Waals surface area contributed by atoms with Gasteiger partial charge >= 0.3 is 0 Å². The van der Waals surface area contributed by atoms with Crippen molar-refractivity contribution < 1.29 is 0 Å². The third-order valence-electron chi connectivity index (χ3n) is 4.26. The molecule has 0 bridgehead atoms. The van der Waals surface area contributed by atoms with Crippen molar-refractivity contribution in [3.8, 4) is 0 Å². The topological polar surface area (TPSA) is 0 Å². The highest BCUT2D eigenvalue weighted by Gasteiger charge is 2.33. The predicted octanol–water partition coefficient (Wildman–Crippen LogP) is 5.29. The van der Waals surface area contributed by atoms with E-state index in [1.807, 2.05) is 0 Å². The first kappa shape index (κ1) is 12.9. The molecule has 2 aliphatic rings. The number of fused-ring (bicyclic) bond motifs is 1. The normalized spacial score (nSPS) is 31.9. The van der Waals surface area contributed by atoms with E-state index in [1.54, 1.807) is 0 Å². The number of rotatable bonds is 2. The summed E-state index contributed by atoms with van der Waals surface area (Å²) >= 11 is 4.42. The summed E-state index contributed by atoms with van der Waals surface area (Å²) in [7, 11) is 0. The summed E-state index contributed by atoms with van der Waals surface area (Å²) in [6.45, 7) is 2.23. The molecule has 1 saturated carbocycles. The second kappa shape index (κ2) is 5.92. The van der Waals surface area contributed by atoms with E-state index in [4.69, 9.17) is 0 Å². The number of aryl methyl sites for hydroxylation is 1. The number of benzene rings is 1. The summed E-state index contributed by atoms with van der Waals surface area (Å²) in [5.41, 5.74) is 2.99. The molecule has 1 aliphatic heterocycles. The van der Waals surface area contributed by atoms with Crippen LogP contribution in [0.1, 0.15) is 48.3 Å². The lowest BCUT2D eigenvalue weighted by Crippen LogP contribution is -2.28. The van der Waals surface area contributed by atoms with Gasteiger partial charge < -0.3 is 0 Å². The van der Waals surface area contributed by atoms with Gasteiger partial charge in [-0.3, -0.25) is 0 Å². The molecule has 0 spiro atoms. The van der Waals surface area contributed by atoms with Gasteiger partial charge in [0.1, 0.15) is 0 Å². The molecule has 1 heterocycles. The van der Waals surface area contributed by atoms with Crippen LogP contribution in [-0.4, -0.2) is 11.0 Å². The Morgan fingerprint density at radius 1 is 1.11 bits per heavy atom. The molecule has 0 amide bonds. The maximum absolute atomic E-state index is 2.35. The van der Waals surface area contributed by atoms with Crippen LogP contribution in [0.25, 0.3) is 0 Å². The van der Waals surface area contributed by atoms with Crippen LogP contribution in [0.15, 0.2) is 24.3 Å². The molecule has 1 aromatic rings. The van der Waals surface area contributed by atoms with Crippen molar-refractivity contribution in [1.29, 1.82) is 0 Å². The van der Waals surface area contributed by atoms with Crippen LogP contribution < -0.4 is 0 Å². The van der Waals surface area contributed by atoms with Crippen molar-refractivity contribution >= 4 is 23.5 Å². The highest BCUT2D eigenvalue weighted by molar-refractivity contribution is 8.17. The van der Waals surface area contributed by atoms with Gasteiger partial charge in [0, 0.05) is 5.25 Å². The molecule has 3 rings (SSSR count). The summed E-state index contributed by atoms with van der Waals surface area (Å²) in [6, 6.07) is 9.33. The Balaban J connectivity index is 1.69. The summed E-state index contributed by atoms with van der Waals surface area (Å²) in [4.78, 5) is 0. The lowest BCUT2D eigenvalue weighted by Gasteiger charge is -2.38. The number of hydrogen-bond acceptors (Lipinski definition) is 2. The molecular formula is C16H22S2. The Hall–Kier alpha value is -0.0800. The largest absolute Gasteiger partial charge is 0.142 e. The monoisotopic (exact) mass is 278 g/mol. The summed E-state index contributed by atoms with van der Waals surface area (Å²) in [6.07, 6.45) is 7.01. The van der Waals surface area contributed by atoms with Gasteiger partial charge in [0.05, 0.1) is 4.58 Å². The molecular weight excluding hydrogens is 256 g/mol. The average Bonchev–Trinajstić information content (AvgIpc) is 2.47. The van der Waals surface area contributed by atoms with Crippen molar-refractivity contribution in [3.63, 3.8) is 0 Å². The third-order valence-corrected chi connectivity index (χ3v) is 7.69. The van der Waals surface area contributed by atoms with Crippen molar-refractivity contribution in [2.24, 2.45) is 5.92 Å². The molecule has 0 aromatic heterocycles. The molecule has 2 fully saturated rings. The number of thioether (sulfide) groups is 2. The maximum atomic E-state index is 2.35.